The molecule has 0 unspecified atom stereocenters. The van der Waals surface area contributed by atoms with Crippen LogP contribution < -0.4 is 10.6 Å². The molecule has 1 atom stereocenters. The lowest BCUT2D eigenvalue weighted by Crippen LogP contribution is -2.40. The SMILES string of the molecule is CC(C)[C@@H](CC(=O)O)NC(=O)c1cc(NC(=O)OCC2c3ccccc3-c3ccccc32)n[nH]1. The number of hydrogen-bond acceptors (Lipinski definition) is 5. The number of aromatic nitrogens is 2. The summed E-state index contributed by atoms with van der Waals surface area (Å²) >= 11 is 0. The molecule has 0 spiro atoms. The average Bonchev–Trinajstić information content (AvgIpc) is 3.39. The Morgan fingerprint density at radius 2 is 1.68 bits per heavy atom. The van der Waals surface area contributed by atoms with Crippen molar-refractivity contribution in [2.45, 2.75) is 32.2 Å². The fourth-order valence-electron chi connectivity index (χ4n) is 4.13. The highest BCUT2D eigenvalue weighted by molar-refractivity contribution is 5.94. The summed E-state index contributed by atoms with van der Waals surface area (Å²) < 4.78 is 5.48. The van der Waals surface area contributed by atoms with E-state index in [0.29, 0.717) is 0 Å². The Balaban J connectivity index is 1.36. The number of carbonyl (C=O) groups is 3. The van der Waals surface area contributed by atoms with E-state index in [1.165, 1.54) is 6.07 Å². The summed E-state index contributed by atoms with van der Waals surface area (Å²) in [6.07, 6.45) is -0.881. The molecule has 1 aliphatic rings. The summed E-state index contributed by atoms with van der Waals surface area (Å²) in [5.41, 5.74) is 4.59. The summed E-state index contributed by atoms with van der Waals surface area (Å²) in [6, 6.07) is 16.9. The van der Waals surface area contributed by atoms with Gasteiger partial charge in [-0.05, 0) is 28.2 Å². The van der Waals surface area contributed by atoms with Crippen LogP contribution >= 0.6 is 0 Å². The van der Waals surface area contributed by atoms with E-state index in [0.717, 1.165) is 22.3 Å². The second-order valence-electron chi connectivity index (χ2n) is 8.54. The second-order valence-corrected chi connectivity index (χ2v) is 8.54. The van der Waals surface area contributed by atoms with E-state index in [4.69, 9.17) is 9.84 Å². The summed E-state index contributed by atoms with van der Waals surface area (Å²) in [5.74, 6) is -1.52. The molecule has 1 heterocycles. The zero-order valence-electron chi connectivity index (χ0n) is 18.9. The van der Waals surface area contributed by atoms with Gasteiger partial charge in [-0.25, -0.2) is 4.79 Å². The predicted octanol–water partition coefficient (Wildman–Crippen LogP) is 4.00. The number of amides is 2. The third-order valence-corrected chi connectivity index (χ3v) is 5.91. The smallest absolute Gasteiger partial charge is 0.412 e. The molecule has 0 saturated carbocycles. The Hall–Kier alpha value is -4.14. The Morgan fingerprint density at radius 1 is 1.06 bits per heavy atom. The minimum absolute atomic E-state index is 0.0682. The van der Waals surface area contributed by atoms with E-state index in [2.05, 4.69) is 33.0 Å². The van der Waals surface area contributed by atoms with E-state index < -0.39 is 24.0 Å². The molecule has 0 aliphatic heterocycles. The van der Waals surface area contributed by atoms with Crippen molar-refractivity contribution in [1.82, 2.24) is 15.5 Å². The number of carbonyl (C=O) groups excluding carboxylic acids is 2. The molecular weight excluding hydrogens is 436 g/mol. The molecule has 1 aromatic heterocycles. The fraction of sp³-hybridized carbons (Fsp3) is 0.280. The number of benzene rings is 2. The topological polar surface area (TPSA) is 133 Å². The highest BCUT2D eigenvalue weighted by Gasteiger charge is 2.29. The molecule has 0 radical (unpaired) electrons. The monoisotopic (exact) mass is 462 g/mol. The van der Waals surface area contributed by atoms with Gasteiger partial charge in [0.1, 0.15) is 12.3 Å². The maximum absolute atomic E-state index is 12.5. The van der Waals surface area contributed by atoms with Gasteiger partial charge in [0, 0.05) is 18.0 Å². The highest BCUT2D eigenvalue weighted by atomic mass is 16.5. The normalized spacial score (nSPS) is 13.1. The lowest BCUT2D eigenvalue weighted by Gasteiger charge is -2.19. The van der Waals surface area contributed by atoms with Gasteiger partial charge < -0.3 is 15.2 Å². The Kier molecular flexibility index (Phi) is 6.62. The standard InChI is InChI=1S/C25H26N4O5/c1-14(2)20(12-23(30)31)26-24(32)21-11-22(29-28-21)27-25(33)34-13-19-17-9-5-3-7-15(17)16-8-4-6-10-18(16)19/h3-11,14,19-20H,12-13H2,1-2H3,(H,26,32)(H,30,31)(H2,27,28,29,33)/t20-/m1/s1. The van der Waals surface area contributed by atoms with E-state index in [-0.39, 0.29) is 36.4 Å². The van der Waals surface area contributed by atoms with Crippen molar-refractivity contribution in [2.75, 3.05) is 11.9 Å². The lowest BCUT2D eigenvalue weighted by molar-refractivity contribution is -0.137. The van der Waals surface area contributed by atoms with Crippen LogP contribution in [0.1, 0.15) is 47.8 Å². The first-order chi connectivity index (χ1) is 16.3. The van der Waals surface area contributed by atoms with Gasteiger partial charge in [-0.3, -0.25) is 20.0 Å². The zero-order valence-corrected chi connectivity index (χ0v) is 18.9. The molecule has 4 N–H and O–H groups in total. The minimum atomic E-state index is -0.999. The van der Waals surface area contributed by atoms with Gasteiger partial charge in [-0.15, -0.1) is 0 Å². The molecular formula is C25H26N4O5. The van der Waals surface area contributed by atoms with Crippen LogP contribution in [0.5, 0.6) is 0 Å². The van der Waals surface area contributed by atoms with Crippen molar-refractivity contribution in [3.05, 3.63) is 71.4 Å². The molecule has 1 aliphatic carbocycles. The van der Waals surface area contributed by atoms with Crippen LogP contribution in [0, 0.1) is 5.92 Å². The number of nitrogens with one attached hydrogen (secondary N) is 3. The Labute approximate surface area is 196 Å². The highest BCUT2D eigenvalue weighted by Crippen LogP contribution is 2.44. The number of anilines is 1. The Morgan fingerprint density at radius 3 is 2.26 bits per heavy atom. The van der Waals surface area contributed by atoms with Gasteiger partial charge in [0.2, 0.25) is 0 Å². The van der Waals surface area contributed by atoms with Gasteiger partial charge in [0.05, 0.1) is 6.42 Å². The van der Waals surface area contributed by atoms with Crippen LogP contribution in [0.15, 0.2) is 54.6 Å². The first-order valence-corrected chi connectivity index (χ1v) is 11.0. The van der Waals surface area contributed by atoms with Crippen molar-refractivity contribution in [3.63, 3.8) is 0 Å². The van der Waals surface area contributed by atoms with Crippen LogP contribution in [-0.4, -0.2) is 45.9 Å². The van der Waals surface area contributed by atoms with Crippen LogP contribution in [0.4, 0.5) is 10.6 Å². The lowest BCUT2D eigenvalue weighted by atomic mass is 9.98. The number of fused-ring (bicyclic) bond motifs is 3. The number of aliphatic carboxylic acids is 1. The van der Waals surface area contributed by atoms with Crippen LogP contribution in [0.3, 0.4) is 0 Å². The quantitative estimate of drug-likeness (QED) is 0.400. The van der Waals surface area contributed by atoms with Crippen molar-refractivity contribution in [2.24, 2.45) is 5.92 Å². The molecule has 4 rings (SSSR count). The number of hydrogen-bond donors (Lipinski definition) is 4. The summed E-state index contributed by atoms with van der Waals surface area (Å²) in [5, 5.41) is 20.7. The van der Waals surface area contributed by atoms with Gasteiger partial charge in [0.25, 0.3) is 5.91 Å². The number of rotatable bonds is 8. The minimum Gasteiger partial charge on any atom is -0.481 e. The first-order valence-electron chi connectivity index (χ1n) is 11.0. The van der Waals surface area contributed by atoms with Crippen molar-refractivity contribution in [1.29, 1.82) is 0 Å². The summed E-state index contributed by atoms with van der Waals surface area (Å²) in [7, 11) is 0. The van der Waals surface area contributed by atoms with E-state index in [9.17, 15) is 14.4 Å². The summed E-state index contributed by atoms with van der Waals surface area (Å²) in [4.78, 5) is 35.9. The van der Waals surface area contributed by atoms with Gasteiger partial charge >= 0.3 is 12.1 Å². The van der Waals surface area contributed by atoms with E-state index in [1.54, 1.807) is 0 Å². The van der Waals surface area contributed by atoms with E-state index >= 15 is 0 Å². The largest absolute Gasteiger partial charge is 0.481 e. The molecule has 3 aromatic rings. The third-order valence-electron chi connectivity index (χ3n) is 5.91. The summed E-state index contributed by atoms with van der Waals surface area (Å²) in [6.45, 7) is 3.80. The third kappa shape index (κ3) is 4.93. The number of ether oxygens (including phenoxy) is 1. The number of carboxylic acid groups (broad SMARTS) is 1. The number of nitrogens with zero attached hydrogens (tertiary/aromatic N) is 1. The molecule has 2 amide bonds. The number of carboxylic acids is 1. The molecule has 9 nitrogen and oxygen atoms in total. The van der Waals surface area contributed by atoms with Crippen molar-refractivity contribution in [3.8, 4) is 11.1 Å². The van der Waals surface area contributed by atoms with Gasteiger partial charge in [-0.2, -0.15) is 5.10 Å². The number of H-pyrrole nitrogens is 1. The number of aromatic amines is 1. The Bertz CT molecular complexity index is 1170. The maximum Gasteiger partial charge on any atom is 0.412 e. The first kappa shape index (κ1) is 23.0. The van der Waals surface area contributed by atoms with Crippen LogP contribution in [-0.2, 0) is 9.53 Å². The molecule has 0 bridgehead atoms. The molecule has 34 heavy (non-hydrogen) atoms. The average molecular weight is 463 g/mol. The van der Waals surface area contributed by atoms with Crippen LogP contribution in [0.2, 0.25) is 0 Å². The van der Waals surface area contributed by atoms with Crippen molar-refractivity contribution >= 4 is 23.8 Å². The fourth-order valence-corrected chi connectivity index (χ4v) is 4.13. The maximum atomic E-state index is 12.5. The molecule has 0 saturated heterocycles. The van der Waals surface area contributed by atoms with E-state index in [1.807, 2.05) is 50.2 Å². The van der Waals surface area contributed by atoms with Crippen molar-refractivity contribution < 1.29 is 24.2 Å². The predicted molar refractivity (Wildman–Crippen MR) is 126 cm³/mol. The molecule has 9 heteroatoms. The molecule has 0 fully saturated rings. The van der Waals surface area contributed by atoms with Gasteiger partial charge in [-0.1, -0.05) is 62.4 Å². The molecule has 176 valence electrons. The molecule has 2 aromatic carbocycles. The second kappa shape index (κ2) is 9.78. The zero-order chi connectivity index (χ0) is 24.2. The van der Waals surface area contributed by atoms with Crippen LogP contribution in [0.25, 0.3) is 11.1 Å². The van der Waals surface area contributed by atoms with Gasteiger partial charge in [0.15, 0.2) is 5.82 Å².